The highest BCUT2D eigenvalue weighted by Crippen LogP contribution is 2.16. The number of ether oxygens (including phenoxy) is 3. The van der Waals surface area contributed by atoms with Crippen molar-refractivity contribution in [3.05, 3.63) is 24.3 Å². The van der Waals surface area contributed by atoms with Crippen LogP contribution in [0.3, 0.4) is 0 Å². The normalized spacial score (nSPS) is 13.0. The molecule has 0 saturated carbocycles. The zero-order valence-corrected chi connectivity index (χ0v) is 41.6. The number of quaternary nitrogens is 1. The van der Waals surface area contributed by atoms with E-state index in [1.807, 2.05) is 21.1 Å². The number of carboxylic acid groups (broad SMARTS) is 1. The van der Waals surface area contributed by atoms with Crippen molar-refractivity contribution < 1.29 is 38.2 Å². The molecule has 1 N–H and O–H groups in total. The molecule has 0 bridgehead atoms. The van der Waals surface area contributed by atoms with Crippen molar-refractivity contribution in [3.8, 4) is 0 Å². The summed E-state index contributed by atoms with van der Waals surface area (Å²) in [5, 5.41) is 9.65. The molecular formula is C54H102NO7+. The quantitative estimate of drug-likeness (QED) is 0.0281. The molecule has 0 spiro atoms. The van der Waals surface area contributed by atoms with Crippen molar-refractivity contribution >= 4 is 17.9 Å². The van der Waals surface area contributed by atoms with Gasteiger partial charge in [-0.25, -0.2) is 4.79 Å². The van der Waals surface area contributed by atoms with Gasteiger partial charge < -0.3 is 23.8 Å². The molecule has 0 rings (SSSR count). The summed E-state index contributed by atoms with van der Waals surface area (Å²) in [4.78, 5) is 37.1. The summed E-state index contributed by atoms with van der Waals surface area (Å²) in [5.41, 5.74) is 0. The van der Waals surface area contributed by atoms with Crippen LogP contribution in [0.15, 0.2) is 24.3 Å². The molecule has 0 fully saturated rings. The van der Waals surface area contributed by atoms with Crippen LogP contribution in [0.25, 0.3) is 0 Å². The minimum absolute atomic E-state index is 0.0515. The van der Waals surface area contributed by atoms with E-state index < -0.39 is 18.1 Å². The van der Waals surface area contributed by atoms with Crippen LogP contribution in [0, 0.1) is 0 Å². The summed E-state index contributed by atoms with van der Waals surface area (Å²) < 4.78 is 17.4. The van der Waals surface area contributed by atoms with E-state index in [1.54, 1.807) is 0 Å². The van der Waals surface area contributed by atoms with Gasteiger partial charge in [-0.3, -0.25) is 9.59 Å². The highest BCUT2D eigenvalue weighted by atomic mass is 16.6. The number of unbranched alkanes of at least 4 members (excludes halogenated alkanes) is 30. The monoisotopic (exact) mass is 877 g/mol. The van der Waals surface area contributed by atoms with Gasteiger partial charge in [-0.1, -0.05) is 192 Å². The predicted octanol–water partition coefficient (Wildman–Crippen LogP) is 15.2. The average molecular weight is 877 g/mol. The van der Waals surface area contributed by atoms with Gasteiger partial charge in [0.25, 0.3) is 0 Å². The number of hydrogen-bond acceptors (Lipinski definition) is 6. The van der Waals surface area contributed by atoms with Crippen LogP contribution in [0.1, 0.15) is 251 Å². The minimum atomic E-state index is -0.873. The second kappa shape index (κ2) is 45.4. The van der Waals surface area contributed by atoms with Crippen LogP contribution in [0.2, 0.25) is 0 Å². The number of nitrogens with zero attached hydrogens (tertiary/aromatic N) is 1. The molecule has 0 aliphatic carbocycles. The fourth-order valence-corrected chi connectivity index (χ4v) is 7.97. The van der Waals surface area contributed by atoms with Gasteiger partial charge in [-0.15, -0.1) is 0 Å². The molecule has 2 unspecified atom stereocenters. The van der Waals surface area contributed by atoms with Crippen LogP contribution in [-0.4, -0.2) is 80.6 Å². The third-order valence-corrected chi connectivity index (χ3v) is 12.1. The minimum Gasteiger partial charge on any atom is -0.477 e. The Labute approximate surface area is 383 Å². The fourth-order valence-electron chi connectivity index (χ4n) is 7.97. The number of likely N-dealkylation sites (N-methyl/N-ethyl adjacent to an activating group) is 1. The Kier molecular flexibility index (Phi) is 43.8. The Morgan fingerprint density at radius 1 is 0.468 bits per heavy atom. The van der Waals surface area contributed by atoms with Gasteiger partial charge in [0.05, 0.1) is 34.4 Å². The maximum atomic E-state index is 12.8. The molecule has 0 heterocycles. The Balaban J connectivity index is 4.19. The van der Waals surface area contributed by atoms with E-state index in [4.69, 9.17) is 14.2 Å². The highest BCUT2D eigenvalue weighted by Gasteiger charge is 2.31. The molecule has 0 saturated heterocycles. The van der Waals surface area contributed by atoms with Crippen molar-refractivity contribution in [2.24, 2.45) is 0 Å². The first-order valence-corrected chi connectivity index (χ1v) is 26.4. The topological polar surface area (TPSA) is 99.1 Å². The first-order chi connectivity index (χ1) is 30.1. The zero-order valence-electron chi connectivity index (χ0n) is 41.6. The molecule has 2 atom stereocenters. The van der Waals surface area contributed by atoms with Crippen LogP contribution in [0.4, 0.5) is 0 Å². The third kappa shape index (κ3) is 43.1. The van der Waals surface area contributed by atoms with Crippen molar-refractivity contribution in [2.75, 3.05) is 41.0 Å². The number of carbonyl (C=O) groups excluding carboxylic acids is 2. The molecular weight excluding hydrogens is 775 g/mol. The lowest BCUT2D eigenvalue weighted by Gasteiger charge is -2.31. The largest absolute Gasteiger partial charge is 0.477 e. The molecule has 0 aromatic heterocycles. The summed E-state index contributed by atoms with van der Waals surface area (Å²) in [5.74, 6) is -1.46. The van der Waals surface area contributed by atoms with Crippen molar-refractivity contribution in [2.45, 2.75) is 264 Å². The van der Waals surface area contributed by atoms with E-state index in [9.17, 15) is 19.5 Å². The molecule has 0 aromatic carbocycles. The standard InChI is InChI=1S/C54H101NO7/c1-6-8-10-12-14-16-18-20-22-23-24-25-26-27-28-29-31-33-35-37-39-41-43-45-53(57)62-50(48-60-47-46-51(54(58)59)55(3,4)5)49-61-52(56)44-42-40-38-36-34-32-30-21-19-17-15-13-11-9-7-2/h17,19,27-28,50-51H,6-16,18,20-26,29-49H2,1-5H3/p+1/b19-17+,28-27+. The molecule has 0 aliphatic rings. The van der Waals surface area contributed by atoms with E-state index in [1.165, 1.54) is 180 Å². The fraction of sp³-hybridized carbons (Fsp3) is 0.870. The molecule has 0 radical (unpaired) electrons. The van der Waals surface area contributed by atoms with Crippen LogP contribution >= 0.6 is 0 Å². The zero-order chi connectivity index (χ0) is 45.6. The Morgan fingerprint density at radius 2 is 0.806 bits per heavy atom. The Morgan fingerprint density at radius 3 is 1.18 bits per heavy atom. The Bertz CT molecular complexity index is 1070. The summed E-state index contributed by atoms with van der Waals surface area (Å²) in [6.45, 7) is 4.75. The SMILES string of the molecule is CCCCCC/C=C/CCCCCCCCCC(=O)OCC(COCCC(C(=O)O)[N+](C)(C)C)OC(=O)CCCCCCCCC/C=C/CCCCCCCCCCCCCC. The van der Waals surface area contributed by atoms with Gasteiger partial charge in [0.1, 0.15) is 6.61 Å². The first kappa shape index (κ1) is 59.8. The summed E-state index contributed by atoms with van der Waals surface area (Å²) >= 11 is 0. The lowest BCUT2D eigenvalue weighted by atomic mass is 10.0. The lowest BCUT2D eigenvalue weighted by Crippen LogP contribution is -2.50. The van der Waals surface area contributed by atoms with Crippen LogP contribution < -0.4 is 0 Å². The number of carboxylic acids is 1. The van der Waals surface area contributed by atoms with Gasteiger partial charge in [0.15, 0.2) is 12.1 Å². The summed E-state index contributed by atoms with van der Waals surface area (Å²) in [7, 11) is 5.54. The smallest absolute Gasteiger partial charge is 0.362 e. The molecule has 0 aliphatic heterocycles. The third-order valence-electron chi connectivity index (χ3n) is 12.1. The molecule has 0 aromatic rings. The van der Waals surface area contributed by atoms with Crippen LogP contribution in [0.5, 0.6) is 0 Å². The molecule has 8 nitrogen and oxygen atoms in total. The predicted molar refractivity (Wildman–Crippen MR) is 262 cm³/mol. The number of allylic oxidation sites excluding steroid dienone is 4. The average Bonchev–Trinajstić information content (AvgIpc) is 3.23. The van der Waals surface area contributed by atoms with E-state index in [0.717, 1.165) is 38.5 Å². The highest BCUT2D eigenvalue weighted by molar-refractivity contribution is 5.72. The van der Waals surface area contributed by atoms with E-state index in [0.29, 0.717) is 19.3 Å². The van der Waals surface area contributed by atoms with Crippen molar-refractivity contribution in [3.63, 3.8) is 0 Å². The van der Waals surface area contributed by atoms with Gasteiger partial charge in [-0.2, -0.15) is 0 Å². The van der Waals surface area contributed by atoms with Gasteiger partial charge >= 0.3 is 17.9 Å². The van der Waals surface area contributed by atoms with Crippen molar-refractivity contribution in [1.82, 2.24) is 0 Å². The second-order valence-corrected chi connectivity index (χ2v) is 19.1. The first-order valence-electron chi connectivity index (χ1n) is 26.4. The van der Waals surface area contributed by atoms with Gasteiger partial charge in [-0.05, 0) is 64.2 Å². The van der Waals surface area contributed by atoms with Crippen LogP contribution in [-0.2, 0) is 28.6 Å². The second-order valence-electron chi connectivity index (χ2n) is 19.1. The number of esters is 2. The molecule has 62 heavy (non-hydrogen) atoms. The number of aliphatic carboxylic acids is 1. The molecule has 0 amide bonds. The maximum absolute atomic E-state index is 12.8. The van der Waals surface area contributed by atoms with E-state index >= 15 is 0 Å². The Hall–Kier alpha value is -2.19. The van der Waals surface area contributed by atoms with Gasteiger partial charge in [0.2, 0.25) is 0 Å². The molecule has 364 valence electrons. The van der Waals surface area contributed by atoms with Gasteiger partial charge in [0, 0.05) is 19.3 Å². The summed E-state index contributed by atoms with van der Waals surface area (Å²) in [6.07, 6.45) is 52.3. The number of rotatable bonds is 48. The number of hydrogen-bond donors (Lipinski definition) is 1. The van der Waals surface area contributed by atoms with E-state index in [2.05, 4.69) is 38.2 Å². The van der Waals surface area contributed by atoms with Crippen molar-refractivity contribution in [1.29, 1.82) is 0 Å². The summed E-state index contributed by atoms with van der Waals surface area (Å²) in [6, 6.07) is -0.614. The molecule has 8 heteroatoms. The maximum Gasteiger partial charge on any atom is 0.362 e. The lowest BCUT2D eigenvalue weighted by molar-refractivity contribution is -0.887. The number of carbonyl (C=O) groups is 3. The van der Waals surface area contributed by atoms with E-state index in [-0.39, 0.29) is 36.2 Å².